The van der Waals surface area contributed by atoms with Crippen LogP contribution >= 0.6 is 0 Å². The first-order valence-corrected chi connectivity index (χ1v) is 8.47. The first-order valence-electron chi connectivity index (χ1n) is 8.47. The third-order valence-corrected chi connectivity index (χ3v) is 4.55. The summed E-state index contributed by atoms with van der Waals surface area (Å²) in [6, 6.07) is 21.1. The maximum Gasteiger partial charge on any atom is 0.0909 e. The van der Waals surface area contributed by atoms with Gasteiger partial charge in [0.05, 0.1) is 5.60 Å². The third-order valence-electron chi connectivity index (χ3n) is 4.55. The zero-order valence-corrected chi connectivity index (χ0v) is 13.6. The van der Waals surface area contributed by atoms with Crippen LogP contribution in [0.3, 0.4) is 0 Å². The average Bonchev–Trinajstić information content (AvgIpc) is 3.01. The van der Waals surface area contributed by atoms with Gasteiger partial charge in [-0.05, 0) is 30.5 Å². The van der Waals surface area contributed by atoms with E-state index in [1.807, 2.05) is 6.07 Å². The fourth-order valence-corrected chi connectivity index (χ4v) is 3.27. The number of benzene rings is 2. The van der Waals surface area contributed by atoms with Gasteiger partial charge in [-0.25, -0.2) is 0 Å². The summed E-state index contributed by atoms with van der Waals surface area (Å²) in [6.45, 7) is 4.18. The fourth-order valence-electron chi connectivity index (χ4n) is 3.27. The summed E-state index contributed by atoms with van der Waals surface area (Å²) in [4.78, 5) is 2.38. The normalized spacial score (nSPS) is 21.0. The molecule has 1 fully saturated rings. The monoisotopic (exact) mass is 310 g/mol. The lowest BCUT2D eigenvalue weighted by molar-refractivity contribution is 0.0186. The van der Waals surface area contributed by atoms with Crippen molar-refractivity contribution < 1.29 is 5.11 Å². The van der Waals surface area contributed by atoms with Crippen molar-refractivity contribution in [3.8, 4) is 0 Å². The predicted molar refractivity (Wildman–Crippen MR) is 94.3 cm³/mol. The molecule has 0 aliphatic carbocycles. The molecule has 2 aromatic carbocycles. The molecule has 0 saturated carbocycles. The number of nitrogens with one attached hydrogen (secondary N) is 1. The standard InChI is InChI=1S/C20H26N2O/c23-20(12-13-21-16-20)17-22(15-19-9-5-2-6-10-19)14-11-18-7-3-1-4-8-18/h1-10,21,23H,11-17H2. The van der Waals surface area contributed by atoms with Crippen LogP contribution in [0.5, 0.6) is 0 Å². The van der Waals surface area contributed by atoms with E-state index in [1.165, 1.54) is 11.1 Å². The van der Waals surface area contributed by atoms with Gasteiger partial charge in [0, 0.05) is 26.2 Å². The summed E-state index contributed by atoms with van der Waals surface area (Å²) in [5.74, 6) is 0. The van der Waals surface area contributed by atoms with E-state index >= 15 is 0 Å². The molecule has 1 saturated heterocycles. The maximum absolute atomic E-state index is 10.7. The molecule has 122 valence electrons. The number of aliphatic hydroxyl groups is 1. The highest BCUT2D eigenvalue weighted by atomic mass is 16.3. The second-order valence-electron chi connectivity index (χ2n) is 6.58. The summed E-state index contributed by atoms with van der Waals surface area (Å²) in [5, 5.41) is 14.0. The number of hydrogen-bond donors (Lipinski definition) is 2. The van der Waals surface area contributed by atoms with Gasteiger partial charge in [0.15, 0.2) is 0 Å². The second kappa shape index (κ2) is 7.73. The van der Waals surface area contributed by atoms with E-state index < -0.39 is 5.60 Å². The van der Waals surface area contributed by atoms with Gasteiger partial charge in [-0.3, -0.25) is 4.90 Å². The lowest BCUT2D eigenvalue weighted by atomic mass is 10.0. The quantitative estimate of drug-likeness (QED) is 0.824. The first kappa shape index (κ1) is 16.2. The van der Waals surface area contributed by atoms with Gasteiger partial charge in [0.1, 0.15) is 0 Å². The number of nitrogens with zero attached hydrogens (tertiary/aromatic N) is 1. The first-order chi connectivity index (χ1) is 11.2. The van der Waals surface area contributed by atoms with Gasteiger partial charge >= 0.3 is 0 Å². The molecule has 1 heterocycles. The van der Waals surface area contributed by atoms with Crippen LogP contribution in [0.15, 0.2) is 60.7 Å². The van der Waals surface area contributed by atoms with Crippen molar-refractivity contribution in [3.05, 3.63) is 71.8 Å². The molecule has 0 aromatic heterocycles. The topological polar surface area (TPSA) is 35.5 Å². The van der Waals surface area contributed by atoms with E-state index in [4.69, 9.17) is 0 Å². The van der Waals surface area contributed by atoms with Crippen molar-refractivity contribution in [2.75, 3.05) is 26.2 Å². The van der Waals surface area contributed by atoms with Crippen LogP contribution in [0, 0.1) is 0 Å². The molecular weight excluding hydrogens is 284 g/mol. The van der Waals surface area contributed by atoms with Crippen LogP contribution in [-0.4, -0.2) is 41.8 Å². The molecule has 1 atom stereocenters. The van der Waals surface area contributed by atoms with E-state index in [0.717, 1.165) is 39.0 Å². The van der Waals surface area contributed by atoms with Crippen LogP contribution in [0.1, 0.15) is 17.5 Å². The molecule has 3 nitrogen and oxygen atoms in total. The Morgan fingerprint density at radius 3 is 2.22 bits per heavy atom. The minimum absolute atomic E-state index is 0.592. The van der Waals surface area contributed by atoms with Crippen LogP contribution in [0.2, 0.25) is 0 Å². The highest BCUT2D eigenvalue weighted by Gasteiger charge is 2.32. The van der Waals surface area contributed by atoms with Crippen LogP contribution in [-0.2, 0) is 13.0 Å². The molecular formula is C20H26N2O. The van der Waals surface area contributed by atoms with E-state index in [0.29, 0.717) is 6.54 Å². The van der Waals surface area contributed by atoms with E-state index in [9.17, 15) is 5.11 Å². The highest BCUT2D eigenvalue weighted by molar-refractivity contribution is 5.16. The second-order valence-corrected chi connectivity index (χ2v) is 6.58. The van der Waals surface area contributed by atoms with Gasteiger partial charge in [-0.1, -0.05) is 60.7 Å². The van der Waals surface area contributed by atoms with E-state index in [-0.39, 0.29) is 0 Å². The maximum atomic E-state index is 10.7. The summed E-state index contributed by atoms with van der Waals surface area (Å²) >= 11 is 0. The predicted octanol–water partition coefficient (Wildman–Crippen LogP) is 2.46. The third kappa shape index (κ3) is 4.90. The Labute approximate surface area is 139 Å². The van der Waals surface area contributed by atoms with Crippen molar-refractivity contribution >= 4 is 0 Å². The molecule has 23 heavy (non-hydrogen) atoms. The van der Waals surface area contributed by atoms with Gasteiger partial charge < -0.3 is 10.4 Å². The van der Waals surface area contributed by atoms with Crippen molar-refractivity contribution in [2.24, 2.45) is 0 Å². The molecule has 0 bridgehead atoms. The Morgan fingerprint density at radius 1 is 0.957 bits per heavy atom. The van der Waals surface area contributed by atoms with Crippen molar-refractivity contribution in [1.82, 2.24) is 10.2 Å². The molecule has 3 rings (SSSR count). The Hall–Kier alpha value is -1.68. The minimum atomic E-state index is -0.592. The summed E-state index contributed by atoms with van der Waals surface area (Å²) in [7, 11) is 0. The van der Waals surface area contributed by atoms with Gasteiger partial charge in [0.2, 0.25) is 0 Å². The van der Waals surface area contributed by atoms with Crippen molar-refractivity contribution in [3.63, 3.8) is 0 Å². The highest BCUT2D eigenvalue weighted by Crippen LogP contribution is 2.18. The molecule has 2 aromatic rings. The molecule has 1 aliphatic rings. The molecule has 1 unspecified atom stereocenters. The van der Waals surface area contributed by atoms with E-state index in [1.54, 1.807) is 0 Å². The zero-order chi connectivity index (χ0) is 16.0. The molecule has 0 spiro atoms. The molecule has 2 N–H and O–H groups in total. The molecule has 3 heteroatoms. The smallest absolute Gasteiger partial charge is 0.0909 e. The minimum Gasteiger partial charge on any atom is -0.387 e. The van der Waals surface area contributed by atoms with Crippen molar-refractivity contribution in [1.29, 1.82) is 0 Å². The number of rotatable bonds is 7. The van der Waals surface area contributed by atoms with Crippen molar-refractivity contribution in [2.45, 2.75) is 25.0 Å². The largest absolute Gasteiger partial charge is 0.387 e. The Bertz CT molecular complexity index is 579. The Morgan fingerprint density at radius 2 is 1.61 bits per heavy atom. The van der Waals surface area contributed by atoms with Gasteiger partial charge in [-0.15, -0.1) is 0 Å². The SMILES string of the molecule is OC1(CN(CCc2ccccc2)Cc2ccccc2)CCNC1. The lowest BCUT2D eigenvalue weighted by Crippen LogP contribution is -2.45. The summed E-state index contributed by atoms with van der Waals surface area (Å²) in [5.41, 5.74) is 2.06. The molecule has 0 radical (unpaired) electrons. The Kier molecular flexibility index (Phi) is 5.44. The van der Waals surface area contributed by atoms with Gasteiger partial charge in [-0.2, -0.15) is 0 Å². The molecule has 1 aliphatic heterocycles. The lowest BCUT2D eigenvalue weighted by Gasteiger charge is -2.31. The average molecular weight is 310 g/mol. The Balaban J connectivity index is 1.65. The van der Waals surface area contributed by atoms with Gasteiger partial charge in [0.25, 0.3) is 0 Å². The number of hydrogen-bond acceptors (Lipinski definition) is 3. The molecule has 0 amide bonds. The van der Waals surface area contributed by atoms with Crippen LogP contribution in [0.4, 0.5) is 0 Å². The van der Waals surface area contributed by atoms with Crippen LogP contribution in [0.25, 0.3) is 0 Å². The van der Waals surface area contributed by atoms with E-state index in [2.05, 4.69) is 64.8 Å². The number of β-amino-alcohol motifs (C(OH)–C–C–N with tert-alkyl or cyclic N) is 1. The summed E-state index contributed by atoms with van der Waals surface area (Å²) < 4.78 is 0. The zero-order valence-electron chi connectivity index (χ0n) is 13.6. The van der Waals surface area contributed by atoms with Crippen LogP contribution < -0.4 is 5.32 Å². The summed E-state index contributed by atoms with van der Waals surface area (Å²) in [6.07, 6.45) is 1.85. The fraction of sp³-hybridized carbons (Fsp3) is 0.400.